The number of hydrogen-bond donors (Lipinski definition) is 1. The van der Waals surface area contributed by atoms with Gasteiger partial charge in [0.1, 0.15) is 11.6 Å². The number of fused-ring (bicyclic) bond motifs is 1. The molecule has 2 amide bonds. The lowest BCUT2D eigenvalue weighted by Gasteiger charge is -2.21. The van der Waals surface area contributed by atoms with E-state index in [1.807, 2.05) is 0 Å². The number of ether oxygens (including phenoxy) is 1. The van der Waals surface area contributed by atoms with Crippen molar-refractivity contribution in [1.82, 2.24) is 4.90 Å². The predicted octanol–water partition coefficient (Wildman–Crippen LogP) is 3.19. The Hall–Kier alpha value is -2.41. The first-order chi connectivity index (χ1) is 11.4. The molecule has 2 aromatic rings. The number of benzene rings is 2. The largest absolute Gasteiger partial charge is 0.482 e. The maximum Gasteiger partial charge on any atom is 0.262 e. The van der Waals surface area contributed by atoms with Gasteiger partial charge in [-0.15, -0.1) is 0 Å². The molecule has 0 unspecified atom stereocenters. The van der Waals surface area contributed by atoms with Crippen molar-refractivity contribution in [3.63, 3.8) is 0 Å². The molecular formula is C17H14BrFN2O3. The molecule has 0 fully saturated rings. The quantitative estimate of drug-likeness (QED) is 0.872. The van der Waals surface area contributed by atoms with Gasteiger partial charge >= 0.3 is 0 Å². The first-order valence-electron chi connectivity index (χ1n) is 7.20. The van der Waals surface area contributed by atoms with Crippen LogP contribution in [0.5, 0.6) is 5.75 Å². The molecule has 0 radical (unpaired) electrons. The number of nitrogens with one attached hydrogen (secondary N) is 1. The Kier molecular flexibility index (Phi) is 4.53. The van der Waals surface area contributed by atoms with E-state index in [1.54, 1.807) is 37.4 Å². The molecule has 0 saturated heterocycles. The number of nitrogens with zero attached hydrogens (tertiary/aromatic N) is 1. The van der Waals surface area contributed by atoms with Gasteiger partial charge in [0.05, 0.1) is 5.69 Å². The maximum atomic E-state index is 13.8. The number of halogens is 2. The minimum atomic E-state index is -0.366. The fourth-order valence-electron chi connectivity index (χ4n) is 2.42. The second kappa shape index (κ2) is 6.60. The lowest BCUT2D eigenvalue weighted by molar-refractivity contribution is -0.118. The van der Waals surface area contributed by atoms with E-state index >= 15 is 0 Å². The van der Waals surface area contributed by atoms with Crippen LogP contribution < -0.4 is 10.1 Å². The Labute approximate surface area is 146 Å². The second-order valence-corrected chi connectivity index (χ2v) is 6.36. The smallest absolute Gasteiger partial charge is 0.262 e. The van der Waals surface area contributed by atoms with Gasteiger partial charge in [0, 0.05) is 29.2 Å². The fourth-order valence-corrected chi connectivity index (χ4v) is 2.83. The molecule has 0 spiro atoms. The zero-order valence-electron chi connectivity index (χ0n) is 12.8. The van der Waals surface area contributed by atoms with Crippen molar-refractivity contribution in [3.8, 4) is 5.75 Å². The molecule has 1 aliphatic rings. The molecule has 0 bridgehead atoms. The summed E-state index contributed by atoms with van der Waals surface area (Å²) in [4.78, 5) is 25.2. The third kappa shape index (κ3) is 3.41. The van der Waals surface area contributed by atoms with Gasteiger partial charge in [0.25, 0.3) is 11.8 Å². The lowest BCUT2D eigenvalue weighted by atomic mass is 10.1. The molecule has 0 atom stereocenters. The SMILES string of the molecule is CN(Cc1cc(Br)ccc1F)C(=O)c1ccc2c(c1)OCC(=O)N2. The summed E-state index contributed by atoms with van der Waals surface area (Å²) in [6.07, 6.45) is 0. The third-order valence-electron chi connectivity index (χ3n) is 3.62. The first kappa shape index (κ1) is 16.4. The number of anilines is 1. The average molecular weight is 393 g/mol. The summed E-state index contributed by atoms with van der Waals surface area (Å²) in [5.41, 5.74) is 1.35. The highest BCUT2D eigenvalue weighted by molar-refractivity contribution is 9.10. The van der Waals surface area contributed by atoms with E-state index in [0.717, 1.165) is 4.47 Å². The Morgan fingerprint density at radius 2 is 2.12 bits per heavy atom. The topological polar surface area (TPSA) is 58.6 Å². The lowest BCUT2D eigenvalue weighted by Crippen LogP contribution is -2.28. The zero-order valence-corrected chi connectivity index (χ0v) is 14.4. The summed E-state index contributed by atoms with van der Waals surface area (Å²) in [6, 6.07) is 9.40. The van der Waals surface area contributed by atoms with Gasteiger partial charge in [0.2, 0.25) is 0 Å². The number of hydrogen-bond acceptors (Lipinski definition) is 3. The van der Waals surface area contributed by atoms with Crippen LogP contribution in [0.25, 0.3) is 0 Å². The predicted molar refractivity (Wildman–Crippen MR) is 90.5 cm³/mol. The standard InChI is InChI=1S/C17H14BrFN2O3/c1-21(8-11-6-12(18)3-4-13(11)19)17(23)10-2-5-14-15(7-10)24-9-16(22)20-14/h2-7H,8-9H2,1H3,(H,20,22). The van der Waals surface area contributed by atoms with Gasteiger partial charge in [-0.05, 0) is 36.4 Å². The van der Waals surface area contributed by atoms with Crippen molar-refractivity contribution in [2.75, 3.05) is 19.0 Å². The Bertz CT molecular complexity index is 825. The molecule has 3 rings (SSSR count). The van der Waals surface area contributed by atoms with Crippen LogP contribution in [0.1, 0.15) is 15.9 Å². The highest BCUT2D eigenvalue weighted by Gasteiger charge is 2.20. The van der Waals surface area contributed by atoms with Crippen molar-refractivity contribution in [2.45, 2.75) is 6.54 Å². The number of amides is 2. The van der Waals surface area contributed by atoms with E-state index in [4.69, 9.17) is 4.74 Å². The van der Waals surface area contributed by atoms with Gasteiger partial charge < -0.3 is 15.0 Å². The molecule has 0 aromatic heterocycles. The Morgan fingerprint density at radius 3 is 2.92 bits per heavy atom. The third-order valence-corrected chi connectivity index (χ3v) is 4.12. The summed E-state index contributed by atoms with van der Waals surface area (Å²) in [7, 11) is 1.60. The molecule has 2 aromatic carbocycles. The Morgan fingerprint density at radius 1 is 1.33 bits per heavy atom. The normalized spacial score (nSPS) is 12.9. The van der Waals surface area contributed by atoms with Crippen LogP contribution in [-0.4, -0.2) is 30.4 Å². The molecular weight excluding hydrogens is 379 g/mol. The van der Waals surface area contributed by atoms with Gasteiger partial charge in [-0.2, -0.15) is 0 Å². The summed E-state index contributed by atoms with van der Waals surface area (Å²) in [5.74, 6) is -0.418. The van der Waals surface area contributed by atoms with E-state index < -0.39 is 0 Å². The minimum absolute atomic E-state index is 0.0796. The molecule has 124 valence electrons. The van der Waals surface area contributed by atoms with Gasteiger partial charge in [-0.1, -0.05) is 15.9 Å². The highest BCUT2D eigenvalue weighted by Crippen LogP contribution is 2.29. The van der Waals surface area contributed by atoms with E-state index in [1.165, 1.54) is 11.0 Å². The van der Waals surface area contributed by atoms with E-state index in [-0.39, 0.29) is 30.8 Å². The van der Waals surface area contributed by atoms with Crippen LogP contribution >= 0.6 is 15.9 Å². The van der Waals surface area contributed by atoms with Crippen molar-refractivity contribution in [3.05, 3.63) is 57.8 Å². The molecule has 5 nitrogen and oxygen atoms in total. The maximum absolute atomic E-state index is 13.8. The zero-order chi connectivity index (χ0) is 17.3. The van der Waals surface area contributed by atoms with Gasteiger partial charge in [-0.3, -0.25) is 9.59 Å². The second-order valence-electron chi connectivity index (χ2n) is 5.44. The van der Waals surface area contributed by atoms with E-state index in [2.05, 4.69) is 21.2 Å². The Balaban J connectivity index is 1.78. The molecule has 1 N–H and O–H groups in total. The van der Waals surface area contributed by atoms with Crippen molar-refractivity contribution < 1.29 is 18.7 Å². The number of rotatable bonds is 3. The summed E-state index contributed by atoms with van der Waals surface area (Å²) < 4.78 is 19.9. The van der Waals surface area contributed by atoms with Crippen LogP contribution in [0.2, 0.25) is 0 Å². The van der Waals surface area contributed by atoms with Crippen molar-refractivity contribution in [2.24, 2.45) is 0 Å². The number of carbonyl (C=O) groups is 2. The van der Waals surface area contributed by atoms with Crippen LogP contribution in [0.4, 0.5) is 10.1 Å². The van der Waals surface area contributed by atoms with Gasteiger partial charge in [-0.25, -0.2) is 4.39 Å². The number of carbonyl (C=O) groups excluding carboxylic acids is 2. The van der Waals surface area contributed by atoms with Crippen LogP contribution in [-0.2, 0) is 11.3 Å². The van der Waals surface area contributed by atoms with Crippen molar-refractivity contribution in [1.29, 1.82) is 0 Å². The molecule has 24 heavy (non-hydrogen) atoms. The minimum Gasteiger partial charge on any atom is -0.482 e. The van der Waals surface area contributed by atoms with Crippen LogP contribution in [0.3, 0.4) is 0 Å². The van der Waals surface area contributed by atoms with E-state index in [0.29, 0.717) is 22.6 Å². The first-order valence-corrected chi connectivity index (χ1v) is 7.99. The summed E-state index contributed by atoms with van der Waals surface area (Å²) >= 11 is 3.29. The molecule has 1 aliphatic heterocycles. The average Bonchev–Trinajstić information content (AvgIpc) is 2.57. The fraction of sp³-hybridized carbons (Fsp3) is 0.176. The highest BCUT2D eigenvalue weighted by atomic mass is 79.9. The van der Waals surface area contributed by atoms with Gasteiger partial charge in [0.15, 0.2) is 6.61 Å². The van der Waals surface area contributed by atoms with E-state index in [9.17, 15) is 14.0 Å². The monoisotopic (exact) mass is 392 g/mol. The molecule has 1 heterocycles. The summed E-state index contributed by atoms with van der Waals surface area (Å²) in [6.45, 7) is 0.0581. The molecule has 0 saturated carbocycles. The van der Waals surface area contributed by atoms with Crippen LogP contribution in [0.15, 0.2) is 40.9 Å². The van der Waals surface area contributed by atoms with Crippen molar-refractivity contribution >= 4 is 33.4 Å². The summed E-state index contributed by atoms with van der Waals surface area (Å²) in [5, 5.41) is 2.67. The molecule has 7 heteroatoms. The van der Waals surface area contributed by atoms with Crippen LogP contribution in [0, 0.1) is 5.82 Å². The molecule has 0 aliphatic carbocycles.